The van der Waals surface area contributed by atoms with E-state index in [0.717, 1.165) is 13.1 Å². The van der Waals surface area contributed by atoms with Gasteiger partial charge in [-0.15, -0.1) is 0 Å². The fourth-order valence-electron chi connectivity index (χ4n) is 1.80. The van der Waals surface area contributed by atoms with Crippen LogP contribution in [0, 0.1) is 0 Å². The zero-order valence-corrected chi connectivity index (χ0v) is 10.7. The minimum Gasteiger partial charge on any atom is -0.313 e. The summed E-state index contributed by atoms with van der Waals surface area (Å²) in [4.78, 5) is 0. The number of rotatable bonds is 6. The van der Waals surface area contributed by atoms with E-state index in [1.807, 2.05) is 0 Å². The maximum Gasteiger partial charge on any atom is 0.0162 e. The monoisotopic (exact) mass is 217 g/mol. The van der Waals surface area contributed by atoms with Gasteiger partial charge in [-0.2, -0.15) is 0 Å². The third kappa shape index (κ3) is 4.63. The van der Waals surface area contributed by atoms with Crippen LogP contribution in [0.1, 0.15) is 38.7 Å². The molecule has 1 atom stereocenters. The molecule has 0 aliphatic carbocycles. The average molecular weight is 217 g/mol. The van der Waals surface area contributed by atoms with Gasteiger partial charge in [-0.05, 0) is 31.4 Å². The average Bonchev–Trinajstić information content (AvgIpc) is 2.30. The van der Waals surface area contributed by atoms with Crippen LogP contribution < -0.4 is 5.32 Å². The highest BCUT2D eigenvalue weighted by Crippen LogP contribution is 2.17. The molecular formula is C15H23N. The summed E-state index contributed by atoms with van der Waals surface area (Å²) in [5, 5.41) is 3.42. The lowest BCUT2D eigenvalue weighted by Crippen LogP contribution is -2.17. The maximum atomic E-state index is 3.42. The first-order valence-corrected chi connectivity index (χ1v) is 6.17. The molecule has 0 aromatic heterocycles. The summed E-state index contributed by atoms with van der Waals surface area (Å²) in [7, 11) is 0. The minimum atomic E-state index is 0.504. The van der Waals surface area contributed by atoms with E-state index in [0.29, 0.717) is 5.92 Å². The summed E-state index contributed by atoms with van der Waals surface area (Å²) in [6, 6.07) is 10.6. The van der Waals surface area contributed by atoms with E-state index in [9.17, 15) is 0 Å². The second-order valence-electron chi connectivity index (χ2n) is 4.39. The highest BCUT2D eigenvalue weighted by molar-refractivity contribution is 5.24. The van der Waals surface area contributed by atoms with Crippen molar-refractivity contribution in [3.05, 3.63) is 47.5 Å². The van der Waals surface area contributed by atoms with Gasteiger partial charge in [-0.3, -0.25) is 0 Å². The molecule has 0 radical (unpaired) electrons. The fourth-order valence-corrected chi connectivity index (χ4v) is 1.80. The predicted octanol–water partition coefficient (Wildman–Crippen LogP) is 3.74. The van der Waals surface area contributed by atoms with E-state index in [1.54, 1.807) is 0 Å². The Balaban J connectivity index is 2.49. The summed E-state index contributed by atoms with van der Waals surface area (Å²) >= 11 is 0. The molecule has 0 aliphatic heterocycles. The Labute approximate surface area is 99.6 Å². The molecule has 1 N–H and O–H groups in total. The molecule has 1 rings (SSSR count). The first-order chi connectivity index (χ1) is 7.74. The van der Waals surface area contributed by atoms with Crippen LogP contribution in [0.3, 0.4) is 0 Å². The molecule has 0 spiro atoms. The number of hydrogen-bond acceptors (Lipinski definition) is 1. The summed E-state index contributed by atoms with van der Waals surface area (Å²) in [6.07, 6.45) is 3.54. The second kappa shape index (κ2) is 7.24. The zero-order chi connectivity index (χ0) is 11.8. The molecule has 0 bridgehead atoms. The van der Waals surface area contributed by atoms with E-state index in [1.165, 1.54) is 17.6 Å². The van der Waals surface area contributed by atoms with Gasteiger partial charge < -0.3 is 5.32 Å². The summed E-state index contributed by atoms with van der Waals surface area (Å²) in [5.74, 6) is 0.504. The minimum absolute atomic E-state index is 0.504. The Morgan fingerprint density at radius 2 is 2.00 bits per heavy atom. The fraction of sp³-hybridized carbons (Fsp3) is 0.467. The first kappa shape index (κ1) is 13.0. The lowest BCUT2D eigenvalue weighted by atomic mass is 9.99. The smallest absolute Gasteiger partial charge is 0.0162 e. The number of allylic oxidation sites excluding steroid dienone is 1. The van der Waals surface area contributed by atoms with Crippen LogP contribution in [0.2, 0.25) is 0 Å². The SMILES string of the molecule is CCCNC/C(C)=C/C(C)c1ccccc1. The van der Waals surface area contributed by atoms with Crippen LogP contribution in [-0.4, -0.2) is 13.1 Å². The standard InChI is InChI=1S/C15H23N/c1-4-10-16-12-13(2)11-14(3)15-8-6-5-7-9-15/h5-9,11,14,16H,4,10,12H2,1-3H3/b13-11+. The van der Waals surface area contributed by atoms with Crippen molar-refractivity contribution in [2.45, 2.75) is 33.1 Å². The van der Waals surface area contributed by atoms with Crippen molar-refractivity contribution in [2.75, 3.05) is 13.1 Å². The lowest BCUT2D eigenvalue weighted by Gasteiger charge is -2.09. The lowest BCUT2D eigenvalue weighted by molar-refractivity contribution is 0.710. The van der Waals surface area contributed by atoms with Crippen molar-refractivity contribution < 1.29 is 0 Å². The van der Waals surface area contributed by atoms with Crippen molar-refractivity contribution in [1.82, 2.24) is 5.32 Å². The van der Waals surface area contributed by atoms with Crippen molar-refractivity contribution in [1.29, 1.82) is 0 Å². The highest BCUT2D eigenvalue weighted by atomic mass is 14.8. The highest BCUT2D eigenvalue weighted by Gasteiger charge is 2.01. The van der Waals surface area contributed by atoms with E-state index in [4.69, 9.17) is 0 Å². The molecule has 1 nitrogen and oxygen atoms in total. The molecule has 0 saturated heterocycles. The summed E-state index contributed by atoms with van der Waals surface area (Å²) in [6.45, 7) is 8.75. The molecule has 1 aromatic carbocycles. The molecule has 0 amide bonds. The van der Waals surface area contributed by atoms with Crippen molar-refractivity contribution in [3.8, 4) is 0 Å². The van der Waals surface area contributed by atoms with Gasteiger partial charge in [0.05, 0.1) is 0 Å². The molecule has 0 aliphatic rings. The first-order valence-electron chi connectivity index (χ1n) is 6.17. The van der Waals surface area contributed by atoms with Gasteiger partial charge in [0.2, 0.25) is 0 Å². The van der Waals surface area contributed by atoms with Gasteiger partial charge in [0, 0.05) is 6.54 Å². The van der Waals surface area contributed by atoms with E-state index >= 15 is 0 Å². The zero-order valence-electron chi connectivity index (χ0n) is 10.7. The second-order valence-corrected chi connectivity index (χ2v) is 4.39. The van der Waals surface area contributed by atoms with Gasteiger partial charge in [0.25, 0.3) is 0 Å². The number of benzene rings is 1. The molecule has 0 fully saturated rings. The molecule has 0 saturated carbocycles. The quantitative estimate of drug-likeness (QED) is 0.565. The van der Waals surface area contributed by atoms with Crippen LogP contribution in [0.5, 0.6) is 0 Å². The van der Waals surface area contributed by atoms with Crippen LogP contribution in [-0.2, 0) is 0 Å². The third-order valence-corrected chi connectivity index (χ3v) is 2.69. The van der Waals surface area contributed by atoms with Crippen LogP contribution in [0.4, 0.5) is 0 Å². The molecule has 1 aromatic rings. The topological polar surface area (TPSA) is 12.0 Å². The van der Waals surface area contributed by atoms with Gasteiger partial charge in [-0.25, -0.2) is 0 Å². The van der Waals surface area contributed by atoms with Crippen LogP contribution in [0.25, 0.3) is 0 Å². The van der Waals surface area contributed by atoms with Gasteiger partial charge in [0.1, 0.15) is 0 Å². The molecule has 1 unspecified atom stereocenters. The van der Waals surface area contributed by atoms with Gasteiger partial charge >= 0.3 is 0 Å². The summed E-state index contributed by atoms with van der Waals surface area (Å²) < 4.78 is 0. The molecule has 88 valence electrons. The van der Waals surface area contributed by atoms with Crippen molar-refractivity contribution >= 4 is 0 Å². The number of nitrogens with one attached hydrogen (secondary N) is 1. The summed E-state index contributed by atoms with van der Waals surface area (Å²) in [5.41, 5.74) is 2.81. The normalized spacial score (nSPS) is 13.8. The Bertz CT molecular complexity index is 313. The van der Waals surface area contributed by atoms with Crippen LogP contribution in [0.15, 0.2) is 42.0 Å². The maximum absolute atomic E-state index is 3.42. The Hall–Kier alpha value is -1.08. The van der Waals surface area contributed by atoms with Crippen molar-refractivity contribution in [2.24, 2.45) is 0 Å². The predicted molar refractivity (Wildman–Crippen MR) is 71.8 cm³/mol. The molecule has 16 heavy (non-hydrogen) atoms. The third-order valence-electron chi connectivity index (χ3n) is 2.69. The van der Waals surface area contributed by atoms with Crippen LogP contribution >= 0.6 is 0 Å². The molecule has 1 heteroatoms. The largest absolute Gasteiger partial charge is 0.313 e. The molecular weight excluding hydrogens is 194 g/mol. The Morgan fingerprint density at radius 3 is 2.62 bits per heavy atom. The Kier molecular flexibility index (Phi) is 5.87. The van der Waals surface area contributed by atoms with E-state index < -0.39 is 0 Å². The Morgan fingerprint density at radius 1 is 1.31 bits per heavy atom. The van der Waals surface area contributed by atoms with E-state index in [2.05, 4.69) is 62.5 Å². The number of hydrogen-bond donors (Lipinski definition) is 1. The van der Waals surface area contributed by atoms with Gasteiger partial charge in [-0.1, -0.05) is 55.8 Å². The molecule has 0 heterocycles. The van der Waals surface area contributed by atoms with Crippen molar-refractivity contribution in [3.63, 3.8) is 0 Å². The van der Waals surface area contributed by atoms with E-state index in [-0.39, 0.29) is 0 Å². The van der Waals surface area contributed by atoms with Gasteiger partial charge in [0.15, 0.2) is 0 Å².